The number of nitrogens with zero attached hydrogens (tertiary/aromatic N) is 2. The molecule has 0 aliphatic carbocycles. The van der Waals surface area contributed by atoms with Crippen LogP contribution in [0.3, 0.4) is 0 Å². The summed E-state index contributed by atoms with van der Waals surface area (Å²) in [5.41, 5.74) is 0.886. The molecule has 7 heteroatoms. The number of benzene rings is 1. The van der Waals surface area contributed by atoms with E-state index >= 15 is 0 Å². The van der Waals surface area contributed by atoms with Gasteiger partial charge in [-0.2, -0.15) is 5.26 Å². The molecule has 0 aliphatic heterocycles. The van der Waals surface area contributed by atoms with Crippen LogP contribution in [-0.4, -0.2) is 29.0 Å². The molecule has 20 heavy (non-hydrogen) atoms. The van der Waals surface area contributed by atoms with E-state index in [0.29, 0.717) is 11.3 Å². The molecule has 0 saturated carbocycles. The van der Waals surface area contributed by atoms with E-state index in [-0.39, 0.29) is 24.1 Å². The van der Waals surface area contributed by atoms with Crippen molar-refractivity contribution in [1.29, 1.82) is 5.26 Å². The molecule has 0 spiro atoms. The number of anilines is 1. The lowest BCUT2D eigenvalue weighted by molar-refractivity contribution is -0.121. The van der Waals surface area contributed by atoms with Crippen LogP contribution in [0.15, 0.2) is 24.3 Å². The Morgan fingerprint density at radius 2 is 1.85 bits per heavy atom. The highest BCUT2D eigenvalue weighted by Gasteiger charge is 2.29. The van der Waals surface area contributed by atoms with E-state index in [1.54, 1.807) is 24.3 Å². The lowest BCUT2D eigenvalue weighted by Gasteiger charge is -2.28. The molecule has 1 aromatic carbocycles. The SMILES string of the molecule is N#Cc1ccc(N(C(=O)CCCl)C(CCl)C(=O)Cl)cc1. The van der Waals surface area contributed by atoms with Crippen LogP contribution in [0.25, 0.3) is 0 Å². The van der Waals surface area contributed by atoms with Crippen LogP contribution in [-0.2, 0) is 9.59 Å². The number of amides is 1. The first kappa shape index (κ1) is 16.8. The fourth-order valence-corrected chi connectivity index (χ4v) is 2.32. The summed E-state index contributed by atoms with van der Waals surface area (Å²) >= 11 is 16.8. The zero-order valence-corrected chi connectivity index (χ0v) is 12.6. The monoisotopic (exact) mass is 332 g/mol. The number of hydrogen-bond donors (Lipinski definition) is 0. The molecule has 1 amide bonds. The fourth-order valence-electron chi connectivity index (χ4n) is 1.63. The number of carbonyl (C=O) groups is 2. The molecule has 0 aromatic heterocycles. The Labute approximate surface area is 131 Å². The first-order valence-electron chi connectivity index (χ1n) is 5.68. The molecule has 1 atom stereocenters. The molecule has 0 heterocycles. The number of halogens is 3. The van der Waals surface area contributed by atoms with E-state index in [1.807, 2.05) is 6.07 Å². The highest BCUT2D eigenvalue weighted by atomic mass is 35.5. The molecular weight excluding hydrogens is 323 g/mol. The molecule has 0 saturated heterocycles. The third kappa shape index (κ3) is 4.11. The van der Waals surface area contributed by atoms with Gasteiger partial charge in [0.2, 0.25) is 11.1 Å². The Morgan fingerprint density at radius 3 is 2.25 bits per heavy atom. The Morgan fingerprint density at radius 1 is 1.25 bits per heavy atom. The van der Waals surface area contributed by atoms with Gasteiger partial charge in [-0.05, 0) is 35.9 Å². The van der Waals surface area contributed by atoms with Crippen LogP contribution >= 0.6 is 34.8 Å². The molecule has 0 bridgehead atoms. The van der Waals surface area contributed by atoms with Gasteiger partial charge in [0.05, 0.1) is 17.5 Å². The maximum absolute atomic E-state index is 12.1. The second-order valence-corrected chi connectivity index (χ2v) is 4.89. The normalized spacial score (nSPS) is 11.5. The molecule has 106 valence electrons. The van der Waals surface area contributed by atoms with Gasteiger partial charge in [0.1, 0.15) is 6.04 Å². The number of nitriles is 1. The lowest BCUT2D eigenvalue weighted by Crippen LogP contribution is -2.45. The quantitative estimate of drug-likeness (QED) is 0.594. The minimum absolute atomic E-state index is 0.0547. The molecule has 0 radical (unpaired) electrons. The summed E-state index contributed by atoms with van der Waals surface area (Å²) in [5.74, 6) is -0.364. The largest absolute Gasteiger partial charge is 0.299 e. The van der Waals surface area contributed by atoms with Crippen LogP contribution in [0, 0.1) is 11.3 Å². The standard InChI is InChI=1S/C13H11Cl3N2O2/c14-6-5-12(19)18(11(7-15)13(16)20)10-3-1-9(8-17)2-4-10/h1-4,11H,5-7H2. The Kier molecular flexibility index (Phi) is 6.80. The van der Waals surface area contributed by atoms with Gasteiger partial charge in [-0.1, -0.05) is 0 Å². The van der Waals surface area contributed by atoms with Crippen molar-refractivity contribution in [2.75, 3.05) is 16.7 Å². The predicted molar refractivity (Wildman–Crippen MR) is 79.3 cm³/mol. The number of alkyl halides is 2. The number of rotatable bonds is 6. The van der Waals surface area contributed by atoms with Gasteiger partial charge in [-0.25, -0.2) is 0 Å². The summed E-state index contributed by atoms with van der Waals surface area (Å²) in [6.07, 6.45) is 0.0547. The van der Waals surface area contributed by atoms with Gasteiger partial charge in [0.15, 0.2) is 0 Å². The summed E-state index contributed by atoms with van der Waals surface area (Å²) in [5, 5.41) is 8.03. The summed E-state index contributed by atoms with van der Waals surface area (Å²) in [7, 11) is 0. The minimum Gasteiger partial charge on any atom is -0.299 e. The molecule has 0 aliphatic rings. The predicted octanol–water partition coefficient (Wildman–Crippen LogP) is 2.89. The van der Waals surface area contributed by atoms with E-state index in [4.69, 9.17) is 40.1 Å². The van der Waals surface area contributed by atoms with Crippen molar-refractivity contribution in [2.24, 2.45) is 0 Å². The van der Waals surface area contributed by atoms with Gasteiger partial charge in [0, 0.05) is 18.0 Å². The zero-order valence-electron chi connectivity index (χ0n) is 10.4. The maximum atomic E-state index is 12.1. The topological polar surface area (TPSA) is 61.2 Å². The van der Waals surface area contributed by atoms with E-state index in [2.05, 4.69) is 0 Å². The maximum Gasteiger partial charge on any atom is 0.245 e. The second-order valence-electron chi connectivity index (χ2n) is 3.84. The first-order chi connectivity index (χ1) is 9.54. The summed E-state index contributed by atoms with van der Waals surface area (Å²) in [6, 6.07) is 7.20. The van der Waals surface area contributed by atoms with Crippen LogP contribution in [0.4, 0.5) is 5.69 Å². The Balaban J connectivity index is 3.18. The third-order valence-corrected chi connectivity index (χ3v) is 3.30. The van der Waals surface area contributed by atoms with Gasteiger partial charge in [0.25, 0.3) is 0 Å². The van der Waals surface area contributed by atoms with Crippen molar-refractivity contribution in [2.45, 2.75) is 12.5 Å². The summed E-state index contributed by atoms with van der Waals surface area (Å²) < 4.78 is 0. The van der Waals surface area contributed by atoms with Crippen molar-refractivity contribution in [3.8, 4) is 6.07 Å². The minimum atomic E-state index is -0.970. The molecule has 0 fully saturated rings. The molecule has 4 nitrogen and oxygen atoms in total. The van der Waals surface area contributed by atoms with Crippen molar-refractivity contribution in [1.82, 2.24) is 0 Å². The third-order valence-electron chi connectivity index (χ3n) is 2.57. The molecule has 1 unspecified atom stereocenters. The number of hydrogen-bond acceptors (Lipinski definition) is 3. The molecule has 1 aromatic rings. The zero-order chi connectivity index (χ0) is 15.1. The van der Waals surface area contributed by atoms with Crippen LogP contribution < -0.4 is 4.90 Å². The molecular formula is C13H11Cl3N2O2. The van der Waals surface area contributed by atoms with Crippen molar-refractivity contribution >= 4 is 51.6 Å². The molecule has 1 rings (SSSR count). The van der Waals surface area contributed by atoms with E-state index in [0.717, 1.165) is 0 Å². The van der Waals surface area contributed by atoms with Crippen molar-refractivity contribution in [3.05, 3.63) is 29.8 Å². The van der Waals surface area contributed by atoms with Gasteiger partial charge in [-0.3, -0.25) is 14.5 Å². The van der Waals surface area contributed by atoms with Gasteiger partial charge >= 0.3 is 0 Å². The van der Waals surface area contributed by atoms with E-state index in [1.165, 1.54) is 4.90 Å². The van der Waals surface area contributed by atoms with Crippen LogP contribution in [0.5, 0.6) is 0 Å². The van der Waals surface area contributed by atoms with Crippen LogP contribution in [0.1, 0.15) is 12.0 Å². The van der Waals surface area contributed by atoms with Crippen molar-refractivity contribution < 1.29 is 9.59 Å². The number of carbonyl (C=O) groups excluding carboxylic acids is 2. The van der Waals surface area contributed by atoms with E-state index < -0.39 is 11.3 Å². The smallest absolute Gasteiger partial charge is 0.245 e. The Hall–Kier alpha value is -1.28. The van der Waals surface area contributed by atoms with Gasteiger partial charge in [-0.15, -0.1) is 23.2 Å². The lowest BCUT2D eigenvalue weighted by atomic mass is 10.1. The summed E-state index contributed by atoms with van der Waals surface area (Å²) in [4.78, 5) is 24.7. The van der Waals surface area contributed by atoms with Crippen LogP contribution in [0.2, 0.25) is 0 Å². The van der Waals surface area contributed by atoms with Crippen molar-refractivity contribution in [3.63, 3.8) is 0 Å². The van der Waals surface area contributed by atoms with Gasteiger partial charge < -0.3 is 0 Å². The molecule has 0 N–H and O–H groups in total. The fraction of sp³-hybridized carbons (Fsp3) is 0.308. The summed E-state index contributed by atoms with van der Waals surface area (Å²) in [6.45, 7) is 0. The average Bonchev–Trinajstić information content (AvgIpc) is 2.44. The first-order valence-corrected chi connectivity index (χ1v) is 7.13. The second kappa shape index (κ2) is 8.11. The highest BCUT2D eigenvalue weighted by Crippen LogP contribution is 2.21. The average molecular weight is 334 g/mol. The van der Waals surface area contributed by atoms with E-state index in [9.17, 15) is 9.59 Å². The Bertz CT molecular complexity index is 525. The highest BCUT2D eigenvalue weighted by molar-refractivity contribution is 6.65.